The van der Waals surface area contributed by atoms with E-state index in [1.807, 2.05) is 6.07 Å². The Hall–Kier alpha value is -6.12. The summed E-state index contributed by atoms with van der Waals surface area (Å²) >= 11 is 0. The molecule has 0 saturated carbocycles. The molecule has 0 aliphatic rings. The van der Waals surface area contributed by atoms with Crippen molar-refractivity contribution >= 4 is 32.9 Å². The molecule has 8 rings (SSSR count). The van der Waals surface area contributed by atoms with Crippen molar-refractivity contribution in [2.45, 2.75) is 105 Å². The molecule has 62 heavy (non-hydrogen) atoms. The Morgan fingerprint density at radius 2 is 0.694 bits per heavy atom. The molecule has 0 bridgehead atoms. The normalized spacial score (nSPS) is 12.6. The molecule has 0 aliphatic carbocycles. The SMILES string of the molecule is CC(C)(C)c1cc(-c2cc(-c3cc(C(C)(C)C)cc(C(C)(C)C)c3)cc(-c3c(-c4ccccc4)ccc4c(N)c5cc(-c6ccccc6)ccc5c(N)c34)c2)cc(C(C)(C)C)c1. The standard InChI is InChI=1S/C60H64N2/c1-57(2,3)45-30-42(31-46(35-45)58(4,5)6)40-27-41(43-32-47(59(7,8)9)36-48(33-43)60(10,11)12)29-44(28-40)53-49(38-21-17-14-18-22-38)25-26-51-54(53)56(62)50-24-23-39(34-52(50)55(51)61)37-19-15-13-16-20-37/h13-36H,61-62H2,1-12H3. The molecule has 2 heteroatoms. The third-order valence-electron chi connectivity index (χ3n) is 12.8. The number of nitrogens with two attached hydrogens (primary N) is 2. The Kier molecular flexibility index (Phi) is 10.5. The van der Waals surface area contributed by atoms with Crippen LogP contribution < -0.4 is 11.5 Å². The number of hydrogen-bond acceptors (Lipinski definition) is 2. The molecule has 0 amide bonds. The van der Waals surface area contributed by atoms with Crippen LogP contribution in [-0.4, -0.2) is 0 Å². The maximum atomic E-state index is 7.51. The third-order valence-corrected chi connectivity index (χ3v) is 12.8. The van der Waals surface area contributed by atoms with E-state index in [2.05, 4.69) is 223 Å². The van der Waals surface area contributed by atoms with E-state index in [1.54, 1.807) is 0 Å². The van der Waals surface area contributed by atoms with Gasteiger partial charge in [-0.15, -0.1) is 0 Å². The molecule has 8 aromatic carbocycles. The minimum atomic E-state index is -0.0391. The van der Waals surface area contributed by atoms with E-state index in [0.717, 1.165) is 66.3 Å². The molecular weight excluding hydrogens is 749 g/mol. The summed E-state index contributed by atoms with van der Waals surface area (Å²) < 4.78 is 0. The van der Waals surface area contributed by atoms with E-state index in [4.69, 9.17) is 11.5 Å². The topological polar surface area (TPSA) is 52.0 Å². The van der Waals surface area contributed by atoms with Crippen molar-refractivity contribution in [1.82, 2.24) is 0 Å². The van der Waals surface area contributed by atoms with Gasteiger partial charge in [-0.25, -0.2) is 0 Å². The number of benzene rings is 8. The quantitative estimate of drug-likeness (QED) is 0.103. The fraction of sp³-hybridized carbons (Fsp3) is 0.267. The Morgan fingerprint density at radius 3 is 1.15 bits per heavy atom. The van der Waals surface area contributed by atoms with Gasteiger partial charge in [0.15, 0.2) is 0 Å². The maximum absolute atomic E-state index is 7.51. The molecule has 0 fully saturated rings. The second kappa shape index (κ2) is 15.3. The number of hydrogen-bond donors (Lipinski definition) is 2. The first-order valence-corrected chi connectivity index (χ1v) is 22.2. The Balaban J connectivity index is 1.52. The first-order chi connectivity index (χ1) is 29.1. The molecule has 0 saturated heterocycles. The van der Waals surface area contributed by atoms with Gasteiger partial charge in [0.05, 0.1) is 0 Å². The Bertz CT molecular complexity index is 2820. The second-order valence-corrected chi connectivity index (χ2v) is 21.6. The predicted molar refractivity (Wildman–Crippen MR) is 272 cm³/mol. The fourth-order valence-corrected chi connectivity index (χ4v) is 8.78. The molecule has 8 aromatic rings. The highest BCUT2D eigenvalue weighted by molar-refractivity contribution is 6.24. The molecule has 0 aromatic heterocycles. The maximum Gasteiger partial charge on any atom is 0.0481 e. The minimum Gasteiger partial charge on any atom is -0.398 e. The van der Waals surface area contributed by atoms with Crippen LogP contribution in [0.4, 0.5) is 11.4 Å². The first-order valence-electron chi connectivity index (χ1n) is 22.2. The molecule has 0 aliphatic heterocycles. The molecule has 0 spiro atoms. The van der Waals surface area contributed by atoms with Gasteiger partial charge in [-0.3, -0.25) is 0 Å². The summed E-state index contributed by atoms with van der Waals surface area (Å²) in [5.41, 5.74) is 32.9. The van der Waals surface area contributed by atoms with E-state index >= 15 is 0 Å². The molecule has 314 valence electrons. The zero-order valence-corrected chi connectivity index (χ0v) is 39.0. The van der Waals surface area contributed by atoms with Crippen molar-refractivity contribution in [3.8, 4) is 55.6 Å². The average molecular weight is 813 g/mol. The smallest absolute Gasteiger partial charge is 0.0481 e. The molecule has 0 unspecified atom stereocenters. The van der Waals surface area contributed by atoms with E-state index < -0.39 is 0 Å². The van der Waals surface area contributed by atoms with E-state index in [1.165, 1.54) is 44.5 Å². The van der Waals surface area contributed by atoms with E-state index in [9.17, 15) is 0 Å². The lowest BCUT2D eigenvalue weighted by Gasteiger charge is -2.27. The summed E-state index contributed by atoms with van der Waals surface area (Å²) in [6.07, 6.45) is 0. The largest absolute Gasteiger partial charge is 0.398 e. The van der Waals surface area contributed by atoms with Gasteiger partial charge in [-0.1, -0.05) is 204 Å². The number of anilines is 2. The Morgan fingerprint density at radius 1 is 0.290 bits per heavy atom. The van der Waals surface area contributed by atoms with Crippen LogP contribution in [-0.2, 0) is 21.7 Å². The molecule has 0 atom stereocenters. The first kappa shape index (κ1) is 42.6. The van der Waals surface area contributed by atoms with E-state index in [-0.39, 0.29) is 21.7 Å². The van der Waals surface area contributed by atoms with Crippen LogP contribution >= 0.6 is 0 Å². The van der Waals surface area contributed by atoms with Gasteiger partial charge in [0.25, 0.3) is 0 Å². The monoisotopic (exact) mass is 813 g/mol. The van der Waals surface area contributed by atoms with Crippen LogP contribution in [0, 0.1) is 0 Å². The van der Waals surface area contributed by atoms with Crippen LogP contribution in [0.5, 0.6) is 0 Å². The number of fused-ring (bicyclic) bond motifs is 2. The molecule has 4 N–H and O–H groups in total. The third kappa shape index (κ3) is 8.16. The second-order valence-electron chi connectivity index (χ2n) is 21.6. The summed E-state index contributed by atoms with van der Waals surface area (Å²) in [6, 6.07) is 53.8. The van der Waals surface area contributed by atoms with Crippen molar-refractivity contribution < 1.29 is 0 Å². The Labute approximate surface area is 371 Å². The van der Waals surface area contributed by atoms with Crippen molar-refractivity contribution in [3.63, 3.8) is 0 Å². The highest BCUT2D eigenvalue weighted by Gasteiger charge is 2.25. The van der Waals surface area contributed by atoms with E-state index in [0.29, 0.717) is 0 Å². The van der Waals surface area contributed by atoms with Gasteiger partial charge < -0.3 is 11.5 Å². The number of rotatable bonds is 5. The van der Waals surface area contributed by atoms with Gasteiger partial charge in [0.2, 0.25) is 0 Å². The molecule has 0 heterocycles. The molecule has 0 radical (unpaired) electrons. The summed E-state index contributed by atoms with van der Waals surface area (Å²) in [7, 11) is 0. The minimum absolute atomic E-state index is 0.0391. The number of nitrogen functional groups attached to an aromatic ring is 2. The van der Waals surface area contributed by atoms with Gasteiger partial charge in [-0.05, 0) is 124 Å². The summed E-state index contributed by atoms with van der Waals surface area (Å²) in [6.45, 7) is 27.8. The summed E-state index contributed by atoms with van der Waals surface area (Å²) in [5, 5.41) is 3.85. The lowest BCUT2D eigenvalue weighted by Crippen LogP contribution is -2.16. The zero-order chi connectivity index (χ0) is 44.5. The summed E-state index contributed by atoms with van der Waals surface area (Å²) in [4.78, 5) is 0. The lowest BCUT2D eigenvalue weighted by molar-refractivity contribution is 0.568. The van der Waals surface area contributed by atoms with Crippen molar-refractivity contribution in [3.05, 3.63) is 168 Å². The molecule has 2 nitrogen and oxygen atoms in total. The highest BCUT2D eigenvalue weighted by atomic mass is 14.6. The van der Waals surface area contributed by atoms with Crippen LogP contribution in [0.1, 0.15) is 105 Å². The molecular formula is C60H64N2. The van der Waals surface area contributed by atoms with Gasteiger partial charge in [0, 0.05) is 32.9 Å². The van der Waals surface area contributed by atoms with Gasteiger partial charge >= 0.3 is 0 Å². The van der Waals surface area contributed by atoms with Crippen molar-refractivity contribution in [2.24, 2.45) is 0 Å². The van der Waals surface area contributed by atoms with Crippen LogP contribution in [0.3, 0.4) is 0 Å². The van der Waals surface area contributed by atoms with Crippen LogP contribution in [0.15, 0.2) is 146 Å². The highest BCUT2D eigenvalue weighted by Crippen LogP contribution is 2.49. The van der Waals surface area contributed by atoms with Gasteiger partial charge in [-0.2, -0.15) is 0 Å². The van der Waals surface area contributed by atoms with Crippen LogP contribution in [0.2, 0.25) is 0 Å². The van der Waals surface area contributed by atoms with Gasteiger partial charge in [0.1, 0.15) is 0 Å². The van der Waals surface area contributed by atoms with Crippen molar-refractivity contribution in [1.29, 1.82) is 0 Å². The lowest BCUT2D eigenvalue weighted by atomic mass is 9.77. The predicted octanol–water partition coefficient (Wildman–Crippen LogP) is 16.7. The average Bonchev–Trinajstić information content (AvgIpc) is 3.23. The summed E-state index contributed by atoms with van der Waals surface area (Å²) in [5.74, 6) is 0. The zero-order valence-electron chi connectivity index (χ0n) is 39.0. The van der Waals surface area contributed by atoms with Crippen LogP contribution in [0.25, 0.3) is 77.2 Å². The fourth-order valence-electron chi connectivity index (χ4n) is 8.78. The van der Waals surface area contributed by atoms with Crippen molar-refractivity contribution in [2.75, 3.05) is 11.5 Å².